The van der Waals surface area contributed by atoms with Crippen LogP contribution in [0.2, 0.25) is 0 Å². The molecular formula is C14H18N2O2. The zero-order valence-corrected chi connectivity index (χ0v) is 10.3. The van der Waals surface area contributed by atoms with Crippen LogP contribution in [0.5, 0.6) is 5.75 Å². The SMILES string of the molecule is O=C(N[C@@H]1CCNC1)C1COc2ccccc2C1. The van der Waals surface area contributed by atoms with Gasteiger partial charge in [0.25, 0.3) is 0 Å². The third-order valence-electron chi connectivity index (χ3n) is 3.66. The van der Waals surface area contributed by atoms with E-state index in [1.165, 1.54) is 0 Å². The predicted octanol–water partition coefficient (Wildman–Crippen LogP) is 0.716. The Kier molecular flexibility index (Phi) is 3.19. The highest BCUT2D eigenvalue weighted by Gasteiger charge is 2.27. The average Bonchev–Trinajstić information content (AvgIpc) is 2.91. The van der Waals surface area contributed by atoms with Crippen LogP contribution in [0.15, 0.2) is 24.3 Å². The molecule has 0 aromatic heterocycles. The van der Waals surface area contributed by atoms with Crippen molar-refractivity contribution in [1.29, 1.82) is 0 Å². The number of ether oxygens (including phenoxy) is 1. The highest BCUT2D eigenvalue weighted by atomic mass is 16.5. The van der Waals surface area contributed by atoms with Gasteiger partial charge >= 0.3 is 0 Å². The molecule has 18 heavy (non-hydrogen) atoms. The topological polar surface area (TPSA) is 50.4 Å². The molecule has 4 nitrogen and oxygen atoms in total. The number of hydrogen-bond acceptors (Lipinski definition) is 3. The molecular weight excluding hydrogens is 228 g/mol. The van der Waals surface area contributed by atoms with Gasteiger partial charge in [-0.25, -0.2) is 0 Å². The quantitative estimate of drug-likeness (QED) is 0.808. The average molecular weight is 246 g/mol. The third-order valence-corrected chi connectivity index (χ3v) is 3.66. The van der Waals surface area contributed by atoms with Gasteiger partial charge in [0.15, 0.2) is 0 Å². The second-order valence-electron chi connectivity index (χ2n) is 5.02. The molecule has 4 heteroatoms. The third kappa shape index (κ3) is 2.34. The Morgan fingerprint density at radius 1 is 1.39 bits per heavy atom. The lowest BCUT2D eigenvalue weighted by Gasteiger charge is -2.25. The van der Waals surface area contributed by atoms with E-state index in [-0.39, 0.29) is 17.9 Å². The number of rotatable bonds is 2. The van der Waals surface area contributed by atoms with Gasteiger partial charge in [0.2, 0.25) is 5.91 Å². The molecule has 1 unspecified atom stereocenters. The molecule has 96 valence electrons. The lowest BCUT2D eigenvalue weighted by atomic mass is 9.96. The molecule has 2 aliphatic heterocycles. The summed E-state index contributed by atoms with van der Waals surface area (Å²) < 4.78 is 5.65. The standard InChI is InChI=1S/C14H18N2O2/c17-14(16-12-5-6-15-8-12)11-7-10-3-1-2-4-13(10)18-9-11/h1-4,11-12,15H,5-9H2,(H,16,17)/t11?,12-/m1/s1. The lowest BCUT2D eigenvalue weighted by molar-refractivity contribution is -0.126. The van der Waals surface area contributed by atoms with Gasteiger partial charge in [0, 0.05) is 12.6 Å². The Bertz CT molecular complexity index is 441. The van der Waals surface area contributed by atoms with E-state index in [1.807, 2.05) is 24.3 Å². The maximum absolute atomic E-state index is 12.1. The van der Waals surface area contributed by atoms with Gasteiger partial charge in [0.05, 0.1) is 5.92 Å². The van der Waals surface area contributed by atoms with Gasteiger partial charge in [-0.1, -0.05) is 18.2 Å². The van der Waals surface area contributed by atoms with Crippen LogP contribution >= 0.6 is 0 Å². The largest absolute Gasteiger partial charge is 0.492 e. The Morgan fingerprint density at radius 2 is 2.28 bits per heavy atom. The first-order valence-corrected chi connectivity index (χ1v) is 6.55. The van der Waals surface area contributed by atoms with E-state index < -0.39 is 0 Å². The van der Waals surface area contributed by atoms with Crippen LogP contribution in [-0.2, 0) is 11.2 Å². The maximum atomic E-state index is 12.1. The summed E-state index contributed by atoms with van der Waals surface area (Å²) in [4.78, 5) is 12.1. The van der Waals surface area contributed by atoms with Crippen LogP contribution in [0.1, 0.15) is 12.0 Å². The minimum absolute atomic E-state index is 0.0551. The number of fused-ring (bicyclic) bond motifs is 1. The van der Waals surface area contributed by atoms with E-state index in [9.17, 15) is 4.79 Å². The lowest BCUT2D eigenvalue weighted by Crippen LogP contribution is -2.43. The first kappa shape index (κ1) is 11.5. The van der Waals surface area contributed by atoms with Crippen molar-refractivity contribution in [1.82, 2.24) is 10.6 Å². The van der Waals surface area contributed by atoms with Crippen molar-refractivity contribution in [3.05, 3.63) is 29.8 Å². The molecule has 1 aromatic rings. The Hall–Kier alpha value is -1.55. The number of carbonyl (C=O) groups excluding carboxylic acids is 1. The fourth-order valence-corrected chi connectivity index (χ4v) is 2.59. The Morgan fingerprint density at radius 3 is 3.11 bits per heavy atom. The van der Waals surface area contributed by atoms with Crippen molar-refractivity contribution >= 4 is 5.91 Å². The number of hydrogen-bond donors (Lipinski definition) is 2. The van der Waals surface area contributed by atoms with Crippen molar-refractivity contribution < 1.29 is 9.53 Å². The summed E-state index contributed by atoms with van der Waals surface area (Å²) in [6.45, 7) is 2.37. The van der Waals surface area contributed by atoms with Crippen molar-refractivity contribution in [2.24, 2.45) is 5.92 Å². The smallest absolute Gasteiger partial charge is 0.227 e. The fourth-order valence-electron chi connectivity index (χ4n) is 2.59. The van der Waals surface area contributed by atoms with E-state index in [1.54, 1.807) is 0 Å². The molecule has 0 aliphatic carbocycles. The van der Waals surface area contributed by atoms with Crippen LogP contribution in [0.3, 0.4) is 0 Å². The van der Waals surface area contributed by atoms with Crippen LogP contribution in [0, 0.1) is 5.92 Å². The van der Waals surface area contributed by atoms with Crippen LogP contribution < -0.4 is 15.4 Å². The molecule has 1 fully saturated rings. The van der Waals surface area contributed by atoms with Gasteiger partial charge < -0.3 is 15.4 Å². The van der Waals surface area contributed by atoms with Crippen molar-refractivity contribution in [3.63, 3.8) is 0 Å². The molecule has 2 N–H and O–H groups in total. The fraction of sp³-hybridized carbons (Fsp3) is 0.500. The molecule has 0 spiro atoms. The van der Waals surface area contributed by atoms with Crippen LogP contribution in [0.4, 0.5) is 0 Å². The molecule has 1 amide bonds. The molecule has 0 saturated carbocycles. The van der Waals surface area contributed by atoms with Crippen LogP contribution in [-0.4, -0.2) is 31.6 Å². The molecule has 3 rings (SSSR count). The number of amides is 1. The summed E-state index contributed by atoms with van der Waals surface area (Å²) in [5.41, 5.74) is 1.13. The zero-order chi connectivity index (χ0) is 12.4. The minimum atomic E-state index is -0.0551. The summed E-state index contributed by atoms with van der Waals surface area (Å²) in [7, 11) is 0. The summed E-state index contributed by atoms with van der Waals surface area (Å²) >= 11 is 0. The molecule has 0 radical (unpaired) electrons. The number of nitrogens with one attached hydrogen (secondary N) is 2. The van der Waals surface area contributed by atoms with E-state index in [0.717, 1.165) is 37.2 Å². The van der Waals surface area contributed by atoms with Crippen molar-refractivity contribution in [2.45, 2.75) is 18.9 Å². The van der Waals surface area contributed by atoms with E-state index in [4.69, 9.17) is 4.74 Å². The molecule has 0 bridgehead atoms. The highest BCUT2D eigenvalue weighted by molar-refractivity contribution is 5.80. The van der Waals surface area contributed by atoms with Gasteiger partial charge in [-0.05, 0) is 31.0 Å². The molecule has 2 atom stereocenters. The van der Waals surface area contributed by atoms with Gasteiger partial charge in [-0.15, -0.1) is 0 Å². The molecule has 2 aliphatic rings. The second-order valence-corrected chi connectivity index (χ2v) is 5.02. The minimum Gasteiger partial charge on any atom is -0.492 e. The summed E-state index contributed by atoms with van der Waals surface area (Å²) in [5.74, 6) is 0.989. The number of para-hydroxylation sites is 1. The highest BCUT2D eigenvalue weighted by Crippen LogP contribution is 2.26. The van der Waals surface area contributed by atoms with E-state index in [0.29, 0.717) is 6.61 Å². The summed E-state index contributed by atoms with van der Waals surface area (Å²) in [6.07, 6.45) is 1.80. The monoisotopic (exact) mass is 246 g/mol. The first-order valence-electron chi connectivity index (χ1n) is 6.55. The summed E-state index contributed by atoms with van der Waals surface area (Å²) in [5, 5.41) is 6.35. The predicted molar refractivity (Wildman–Crippen MR) is 68.5 cm³/mol. The normalized spacial score (nSPS) is 26.2. The first-order chi connectivity index (χ1) is 8.83. The van der Waals surface area contributed by atoms with E-state index >= 15 is 0 Å². The molecule has 2 heterocycles. The van der Waals surface area contributed by atoms with E-state index in [2.05, 4.69) is 10.6 Å². The van der Waals surface area contributed by atoms with Crippen molar-refractivity contribution in [3.8, 4) is 5.75 Å². The molecule has 1 saturated heterocycles. The Labute approximate surface area is 107 Å². The zero-order valence-electron chi connectivity index (χ0n) is 10.3. The number of carbonyl (C=O) groups is 1. The maximum Gasteiger partial charge on any atom is 0.227 e. The summed E-state index contributed by atoms with van der Waals surface area (Å²) in [6, 6.07) is 8.23. The van der Waals surface area contributed by atoms with Crippen LogP contribution in [0.25, 0.3) is 0 Å². The van der Waals surface area contributed by atoms with Gasteiger partial charge in [-0.3, -0.25) is 4.79 Å². The van der Waals surface area contributed by atoms with Gasteiger partial charge in [-0.2, -0.15) is 0 Å². The van der Waals surface area contributed by atoms with Crippen molar-refractivity contribution in [2.75, 3.05) is 19.7 Å². The van der Waals surface area contributed by atoms with Gasteiger partial charge in [0.1, 0.15) is 12.4 Å². The second kappa shape index (κ2) is 4.98. The molecule has 1 aromatic carbocycles. The Balaban J connectivity index is 1.62. The number of benzene rings is 1.